The van der Waals surface area contributed by atoms with Gasteiger partial charge in [0.15, 0.2) is 5.76 Å². The summed E-state index contributed by atoms with van der Waals surface area (Å²) in [6.45, 7) is 5.29. The van der Waals surface area contributed by atoms with Crippen molar-refractivity contribution >= 4 is 0 Å². The van der Waals surface area contributed by atoms with Gasteiger partial charge in [-0.05, 0) is 44.5 Å². The Hall–Kier alpha value is -1.66. The van der Waals surface area contributed by atoms with E-state index in [0.717, 1.165) is 32.2 Å². The van der Waals surface area contributed by atoms with Crippen molar-refractivity contribution in [1.82, 2.24) is 20.0 Å². The first-order chi connectivity index (χ1) is 11.4. The van der Waals surface area contributed by atoms with E-state index in [1.54, 1.807) is 6.26 Å². The summed E-state index contributed by atoms with van der Waals surface area (Å²) in [4.78, 5) is 5.11. The molecule has 0 bridgehead atoms. The Morgan fingerprint density at radius 2 is 1.96 bits per heavy atom. The normalized spacial score (nSPS) is 21.7. The molecule has 2 aromatic heterocycles. The highest BCUT2D eigenvalue weighted by Crippen LogP contribution is 2.24. The minimum atomic E-state index is 0.465. The summed E-state index contributed by atoms with van der Waals surface area (Å²) < 4.78 is 11.0. The molecule has 0 unspecified atom stereocenters. The molecule has 0 amide bonds. The van der Waals surface area contributed by atoms with E-state index in [2.05, 4.69) is 20.0 Å². The number of nitrogens with zero attached hydrogens (tertiary/aromatic N) is 4. The molecule has 3 heterocycles. The third-order valence-electron chi connectivity index (χ3n) is 5.02. The van der Waals surface area contributed by atoms with E-state index < -0.39 is 0 Å². The van der Waals surface area contributed by atoms with Crippen LogP contribution >= 0.6 is 0 Å². The Kier molecular flexibility index (Phi) is 4.43. The second-order valence-electron chi connectivity index (χ2n) is 6.58. The lowest BCUT2D eigenvalue weighted by atomic mass is 10.2. The molecule has 6 nitrogen and oxygen atoms in total. The summed E-state index contributed by atoms with van der Waals surface area (Å²) >= 11 is 0. The summed E-state index contributed by atoms with van der Waals surface area (Å²) in [5.41, 5.74) is 0. The minimum absolute atomic E-state index is 0.465. The average molecular weight is 316 g/mol. The second-order valence-corrected chi connectivity index (χ2v) is 6.58. The van der Waals surface area contributed by atoms with Crippen LogP contribution in [0.4, 0.5) is 0 Å². The second kappa shape index (κ2) is 6.84. The van der Waals surface area contributed by atoms with Gasteiger partial charge in [-0.25, -0.2) is 0 Å². The van der Waals surface area contributed by atoms with Crippen molar-refractivity contribution in [2.24, 2.45) is 0 Å². The third-order valence-corrected chi connectivity index (χ3v) is 5.02. The van der Waals surface area contributed by atoms with E-state index in [1.165, 1.54) is 38.6 Å². The Labute approximate surface area is 136 Å². The van der Waals surface area contributed by atoms with E-state index in [1.807, 2.05) is 12.1 Å². The first-order valence-electron chi connectivity index (χ1n) is 8.71. The van der Waals surface area contributed by atoms with Gasteiger partial charge in [0.2, 0.25) is 5.89 Å². The Bertz CT molecular complexity index is 604. The van der Waals surface area contributed by atoms with Crippen LogP contribution in [0.5, 0.6) is 0 Å². The van der Waals surface area contributed by atoms with Gasteiger partial charge in [-0.3, -0.25) is 9.80 Å². The van der Waals surface area contributed by atoms with Gasteiger partial charge >= 0.3 is 0 Å². The molecule has 1 aliphatic heterocycles. The molecule has 2 fully saturated rings. The van der Waals surface area contributed by atoms with Crippen molar-refractivity contribution in [1.29, 1.82) is 0 Å². The van der Waals surface area contributed by atoms with Crippen molar-refractivity contribution < 1.29 is 8.83 Å². The lowest BCUT2D eigenvalue weighted by Crippen LogP contribution is -2.36. The summed E-state index contributed by atoms with van der Waals surface area (Å²) in [5.74, 6) is 1.77. The summed E-state index contributed by atoms with van der Waals surface area (Å²) in [6.07, 6.45) is 8.42. The summed E-state index contributed by atoms with van der Waals surface area (Å²) in [6, 6.07) is 4.48. The lowest BCUT2D eigenvalue weighted by molar-refractivity contribution is 0.194. The van der Waals surface area contributed by atoms with E-state index >= 15 is 0 Å². The van der Waals surface area contributed by atoms with Crippen molar-refractivity contribution in [3.8, 4) is 11.7 Å². The summed E-state index contributed by atoms with van der Waals surface area (Å²) in [7, 11) is 0. The molecule has 1 saturated heterocycles. The largest absolute Gasteiger partial charge is 0.459 e. The molecule has 2 aromatic rings. The topological polar surface area (TPSA) is 58.5 Å². The molecule has 0 spiro atoms. The zero-order valence-corrected chi connectivity index (χ0v) is 13.5. The molecule has 1 aliphatic carbocycles. The van der Waals surface area contributed by atoms with Crippen LogP contribution in [0, 0.1) is 0 Å². The monoisotopic (exact) mass is 316 g/mol. The first-order valence-corrected chi connectivity index (χ1v) is 8.71. The molecule has 124 valence electrons. The van der Waals surface area contributed by atoms with Crippen molar-refractivity contribution in [3.63, 3.8) is 0 Å². The molecular weight excluding hydrogens is 292 g/mol. The Balaban J connectivity index is 1.34. The maximum atomic E-state index is 5.73. The van der Waals surface area contributed by atoms with Gasteiger partial charge in [0, 0.05) is 19.1 Å². The minimum Gasteiger partial charge on any atom is -0.459 e. The van der Waals surface area contributed by atoms with Crippen molar-refractivity contribution in [2.75, 3.05) is 26.2 Å². The molecule has 4 rings (SSSR count). The number of furan rings is 1. The van der Waals surface area contributed by atoms with E-state index in [9.17, 15) is 0 Å². The number of rotatable bonds is 4. The average Bonchev–Trinajstić information content (AvgIpc) is 3.29. The number of hydrogen-bond acceptors (Lipinski definition) is 6. The number of hydrogen-bond donors (Lipinski definition) is 0. The summed E-state index contributed by atoms with van der Waals surface area (Å²) in [5, 5.41) is 8.24. The fourth-order valence-corrected chi connectivity index (χ4v) is 3.79. The fourth-order valence-electron chi connectivity index (χ4n) is 3.79. The highest BCUT2D eigenvalue weighted by atomic mass is 16.4. The van der Waals surface area contributed by atoms with Gasteiger partial charge < -0.3 is 8.83 Å². The zero-order chi connectivity index (χ0) is 15.5. The smallest absolute Gasteiger partial charge is 0.283 e. The van der Waals surface area contributed by atoms with Crippen LogP contribution < -0.4 is 0 Å². The van der Waals surface area contributed by atoms with Gasteiger partial charge in [-0.1, -0.05) is 12.8 Å². The molecule has 2 aliphatic rings. The highest BCUT2D eigenvalue weighted by molar-refractivity contribution is 5.42. The van der Waals surface area contributed by atoms with E-state index in [-0.39, 0.29) is 0 Å². The van der Waals surface area contributed by atoms with Crippen molar-refractivity contribution in [3.05, 3.63) is 24.3 Å². The molecule has 0 radical (unpaired) electrons. The molecular formula is C17H24N4O2. The predicted octanol–water partition coefficient (Wildman–Crippen LogP) is 2.78. The molecule has 1 saturated carbocycles. The Morgan fingerprint density at radius 1 is 1.04 bits per heavy atom. The van der Waals surface area contributed by atoms with Gasteiger partial charge in [0.05, 0.1) is 12.8 Å². The van der Waals surface area contributed by atoms with Gasteiger partial charge in [0.1, 0.15) is 0 Å². The van der Waals surface area contributed by atoms with Crippen molar-refractivity contribution in [2.45, 2.75) is 44.7 Å². The standard InChI is InChI=1S/C17H24N4O2/c1-2-6-14(5-1)21-9-4-8-20(10-11-21)13-16-18-19-17(23-16)15-7-3-12-22-15/h3,7,12,14H,1-2,4-6,8-11,13H2. The molecule has 0 N–H and O–H groups in total. The van der Waals surface area contributed by atoms with Crippen LogP contribution in [0.1, 0.15) is 38.0 Å². The molecule has 0 atom stereocenters. The van der Waals surface area contributed by atoms with Crippen LogP contribution in [-0.4, -0.2) is 52.2 Å². The fraction of sp³-hybridized carbons (Fsp3) is 0.647. The van der Waals surface area contributed by atoms with Gasteiger partial charge in [-0.2, -0.15) is 0 Å². The van der Waals surface area contributed by atoms with Crippen LogP contribution in [0.3, 0.4) is 0 Å². The molecule has 23 heavy (non-hydrogen) atoms. The maximum Gasteiger partial charge on any atom is 0.283 e. The SMILES string of the molecule is c1coc(-c2nnc(CN3CCCN(C4CCCC4)CC3)o2)c1. The van der Waals surface area contributed by atoms with Crippen LogP contribution in [0.25, 0.3) is 11.7 Å². The van der Waals surface area contributed by atoms with Gasteiger partial charge in [-0.15, -0.1) is 10.2 Å². The number of aromatic nitrogens is 2. The quantitative estimate of drug-likeness (QED) is 0.864. The van der Waals surface area contributed by atoms with E-state index in [4.69, 9.17) is 8.83 Å². The molecule has 6 heteroatoms. The first kappa shape index (κ1) is 14.9. The third kappa shape index (κ3) is 3.48. The highest BCUT2D eigenvalue weighted by Gasteiger charge is 2.25. The lowest BCUT2D eigenvalue weighted by Gasteiger charge is -2.27. The maximum absolute atomic E-state index is 5.73. The molecule has 0 aromatic carbocycles. The zero-order valence-electron chi connectivity index (χ0n) is 13.5. The predicted molar refractivity (Wildman–Crippen MR) is 85.7 cm³/mol. The van der Waals surface area contributed by atoms with Crippen LogP contribution in [0.15, 0.2) is 27.2 Å². The van der Waals surface area contributed by atoms with Crippen LogP contribution in [0.2, 0.25) is 0 Å². The van der Waals surface area contributed by atoms with E-state index in [0.29, 0.717) is 17.5 Å². The Morgan fingerprint density at radius 3 is 2.78 bits per heavy atom. The van der Waals surface area contributed by atoms with Crippen LogP contribution in [-0.2, 0) is 6.54 Å². The van der Waals surface area contributed by atoms with Gasteiger partial charge in [0.25, 0.3) is 5.89 Å².